The van der Waals surface area contributed by atoms with Gasteiger partial charge in [-0.2, -0.15) is 0 Å². The molecule has 0 spiro atoms. The van der Waals surface area contributed by atoms with Crippen LogP contribution in [0.3, 0.4) is 0 Å². The summed E-state index contributed by atoms with van der Waals surface area (Å²) in [5.74, 6) is 0.957. The van der Waals surface area contributed by atoms with Crippen LogP contribution in [-0.4, -0.2) is 42.8 Å². The average molecular weight is 545 g/mol. The highest BCUT2D eigenvalue weighted by atomic mass is 35.5. The van der Waals surface area contributed by atoms with E-state index in [0.717, 1.165) is 68.5 Å². The number of amides is 1. The second-order valence-electron chi connectivity index (χ2n) is 10.8. The molecular formula is C32H37ClN4O2. The number of halogens is 1. The van der Waals surface area contributed by atoms with E-state index in [4.69, 9.17) is 27.5 Å². The molecule has 1 amide bonds. The molecule has 1 aliphatic heterocycles. The topological polar surface area (TPSA) is 91.4 Å². The van der Waals surface area contributed by atoms with Gasteiger partial charge >= 0.3 is 0 Å². The van der Waals surface area contributed by atoms with Crippen molar-refractivity contribution in [3.63, 3.8) is 0 Å². The van der Waals surface area contributed by atoms with Crippen molar-refractivity contribution in [3.8, 4) is 5.75 Å². The highest BCUT2D eigenvalue weighted by Gasteiger charge is 2.29. The number of benzene rings is 3. The Morgan fingerprint density at radius 3 is 2.36 bits per heavy atom. The molecule has 1 saturated carbocycles. The Hall–Kier alpha value is -3.35. The zero-order valence-corrected chi connectivity index (χ0v) is 23.2. The summed E-state index contributed by atoms with van der Waals surface area (Å²) >= 11 is 6.55. The molecule has 0 aromatic heterocycles. The van der Waals surface area contributed by atoms with E-state index >= 15 is 0 Å². The summed E-state index contributed by atoms with van der Waals surface area (Å²) in [5.41, 5.74) is 9.69. The molecule has 2 fully saturated rings. The number of nitrogen functional groups attached to an aromatic ring is 1. The Morgan fingerprint density at radius 1 is 1.00 bits per heavy atom. The smallest absolute Gasteiger partial charge is 0.251 e. The van der Waals surface area contributed by atoms with Crippen molar-refractivity contribution in [1.29, 1.82) is 5.41 Å². The number of nitrogens with zero attached hydrogens (tertiary/aromatic N) is 1. The second-order valence-corrected chi connectivity index (χ2v) is 11.2. The molecule has 3 aromatic rings. The predicted molar refractivity (Wildman–Crippen MR) is 158 cm³/mol. The second kappa shape index (κ2) is 12.2. The molecule has 1 aliphatic carbocycles. The first-order valence-electron chi connectivity index (χ1n) is 13.9. The summed E-state index contributed by atoms with van der Waals surface area (Å²) in [6.45, 7) is 2.08. The van der Waals surface area contributed by atoms with Crippen molar-refractivity contribution in [2.45, 2.75) is 50.7 Å². The minimum atomic E-state index is -0.192. The van der Waals surface area contributed by atoms with Gasteiger partial charge in [0.15, 0.2) is 0 Å². The first kappa shape index (κ1) is 27.2. The van der Waals surface area contributed by atoms with Crippen LogP contribution in [0.4, 0.5) is 5.69 Å². The van der Waals surface area contributed by atoms with Gasteiger partial charge in [0.1, 0.15) is 11.9 Å². The summed E-state index contributed by atoms with van der Waals surface area (Å²) < 4.78 is 6.16. The maximum absolute atomic E-state index is 13.5. The molecule has 204 valence electrons. The summed E-state index contributed by atoms with van der Waals surface area (Å²) in [6, 6.07) is 20.3. The lowest BCUT2D eigenvalue weighted by atomic mass is 9.91. The Morgan fingerprint density at radius 2 is 1.67 bits per heavy atom. The lowest BCUT2D eigenvalue weighted by Crippen LogP contribution is -2.35. The largest absolute Gasteiger partial charge is 0.490 e. The molecule has 1 atom stereocenters. The lowest BCUT2D eigenvalue weighted by Gasteiger charge is -2.29. The molecule has 2 aliphatic rings. The van der Waals surface area contributed by atoms with Crippen molar-refractivity contribution >= 4 is 28.9 Å². The molecule has 3 aromatic carbocycles. The van der Waals surface area contributed by atoms with Gasteiger partial charge in [0.05, 0.1) is 11.8 Å². The van der Waals surface area contributed by atoms with Gasteiger partial charge in [-0.3, -0.25) is 10.2 Å². The molecular weight excluding hydrogens is 508 g/mol. The molecule has 5 rings (SSSR count). The van der Waals surface area contributed by atoms with E-state index < -0.39 is 0 Å². The van der Waals surface area contributed by atoms with Crippen LogP contribution >= 0.6 is 11.6 Å². The van der Waals surface area contributed by atoms with Gasteiger partial charge < -0.3 is 20.7 Å². The van der Waals surface area contributed by atoms with Crippen LogP contribution in [0.25, 0.3) is 0 Å². The number of nitrogens with two attached hydrogens (primary N) is 1. The number of carbonyl (C=O) groups is 1. The first-order chi connectivity index (χ1) is 18.9. The van der Waals surface area contributed by atoms with Crippen LogP contribution in [0.5, 0.6) is 5.75 Å². The molecule has 0 radical (unpaired) electrons. The van der Waals surface area contributed by atoms with E-state index in [1.165, 1.54) is 0 Å². The summed E-state index contributed by atoms with van der Waals surface area (Å²) in [7, 11) is 2.13. The van der Waals surface area contributed by atoms with E-state index in [1.807, 2.05) is 48.5 Å². The number of piperidine rings is 1. The fourth-order valence-corrected chi connectivity index (χ4v) is 6.01. The normalized spacial score (nSPS) is 17.6. The van der Waals surface area contributed by atoms with Crippen LogP contribution < -0.4 is 15.8 Å². The van der Waals surface area contributed by atoms with Crippen molar-refractivity contribution in [2.24, 2.45) is 5.92 Å². The molecule has 7 heteroatoms. The summed E-state index contributed by atoms with van der Waals surface area (Å²) in [4.78, 5) is 15.8. The number of anilines is 1. The van der Waals surface area contributed by atoms with Crippen LogP contribution in [0.15, 0.2) is 66.7 Å². The quantitative estimate of drug-likeness (QED) is 0.224. The zero-order valence-electron chi connectivity index (χ0n) is 22.5. The van der Waals surface area contributed by atoms with Gasteiger partial charge in [-0.1, -0.05) is 42.6 Å². The standard InChI is InChI=1S/C32H37ClN4O2/c1-37-18-16-25(17-19-37)39-24-13-10-21(11-14-24)30(35)27-20-23(12-15-29(27)34)32(38)36-31(22-6-2-3-7-22)26-8-4-5-9-28(26)33/h4-5,8-15,20,22,25,31,35H,2-3,6-7,16-19,34H2,1H3,(H,36,38). The van der Waals surface area contributed by atoms with Crippen molar-refractivity contribution in [2.75, 3.05) is 25.9 Å². The highest BCUT2D eigenvalue weighted by Crippen LogP contribution is 2.38. The fourth-order valence-electron chi connectivity index (χ4n) is 5.76. The molecule has 6 nitrogen and oxygen atoms in total. The van der Waals surface area contributed by atoms with Crippen molar-refractivity contribution in [1.82, 2.24) is 10.2 Å². The number of hydrogen-bond donors (Lipinski definition) is 3. The van der Waals surface area contributed by atoms with E-state index in [9.17, 15) is 4.79 Å². The third-order valence-electron chi connectivity index (χ3n) is 8.09. The number of rotatable bonds is 8. The van der Waals surface area contributed by atoms with Gasteiger partial charge in [0.25, 0.3) is 5.91 Å². The molecule has 1 unspecified atom stereocenters. The van der Waals surface area contributed by atoms with Crippen LogP contribution in [0.1, 0.15) is 71.6 Å². The Labute approximate surface area is 236 Å². The van der Waals surface area contributed by atoms with Crippen molar-refractivity contribution in [3.05, 3.63) is 94.0 Å². The van der Waals surface area contributed by atoms with E-state index in [1.54, 1.807) is 18.2 Å². The number of ether oxygens (including phenoxy) is 1. The summed E-state index contributed by atoms with van der Waals surface area (Å²) in [6.07, 6.45) is 6.68. The highest BCUT2D eigenvalue weighted by molar-refractivity contribution is 6.31. The Kier molecular flexibility index (Phi) is 8.53. The summed E-state index contributed by atoms with van der Waals surface area (Å²) in [5, 5.41) is 12.8. The molecule has 1 saturated heterocycles. The van der Waals surface area contributed by atoms with E-state index in [0.29, 0.717) is 27.8 Å². The lowest BCUT2D eigenvalue weighted by molar-refractivity contribution is 0.0922. The maximum atomic E-state index is 13.5. The van der Waals surface area contributed by atoms with Crippen LogP contribution in [-0.2, 0) is 0 Å². The average Bonchev–Trinajstić information content (AvgIpc) is 3.49. The Balaban J connectivity index is 1.31. The van der Waals surface area contributed by atoms with Gasteiger partial charge in [-0.15, -0.1) is 0 Å². The predicted octanol–water partition coefficient (Wildman–Crippen LogP) is 6.47. The van der Waals surface area contributed by atoms with E-state index in [2.05, 4.69) is 17.3 Å². The van der Waals surface area contributed by atoms with Gasteiger partial charge in [0.2, 0.25) is 0 Å². The number of hydrogen-bond acceptors (Lipinski definition) is 5. The number of carbonyl (C=O) groups excluding carboxylic acids is 1. The van der Waals surface area contributed by atoms with Crippen LogP contribution in [0, 0.1) is 11.3 Å². The van der Waals surface area contributed by atoms with Crippen molar-refractivity contribution < 1.29 is 9.53 Å². The minimum Gasteiger partial charge on any atom is -0.490 e. The monoisotopic (exact) mass is 544 g/mol. The molecule has 1 heterocycles. The third-order valence-corrected chi connectivity index (χ3v) is 8.44. The fraction of sp³-hybridized carbons (Fsp3) is 0.375. The first-order valence-corrected chi connectivity index (χ1v) is 14.3. The molecule has 39 heavy (non-hydrogen) atoms. The molecule has 4 N–H and O–H groups in total. The van der Waals surface area contributed by atoms with Gasteiger partial charge in [-0.05, 0) is 92.7 Å². The van der Waals surface area contributed by atoms with Crippen LogP contribution in [0.2, 0.25) is 5.02 Å². The zero-order chi connectivity index (χ0) is 27.4. The number of likely N-dealkylation sites (tertiary alicyclic amines) is 1. The maximum Gasteiger partial charge on any atom is 0.251 e. The van der Waals surface area contributed by atoms with E-state index in [-0.39, 0.29) is 23.8 Å². The number of nitrogens with one attached hydrogen (secondary N) is 2. The SMILES string of the molecule is CN1CCC(Oc2ccc(C(=N)c3cc(C(=O)NC(c4ccccc4Cl)C4CCCC4)ccc3N)cc2)CC1. The van der Waals surface area contributed by atoms with Gasteiger partial charge in [-0.25, -0.2) is 0 Å². The minimum absolute atomic E-state index is 0.161. The Bertz CT molecular complexity index is 1310. The molecule has 0 bridgehead atoms. The third kappa shape index (κ3) is 6.45. The van der Waals surface area contributed by atoms with Gasteiger partial charge in [0, 0.05) is 40.5 Å².